The molecule has 0 radical (unpaired) electrons. The number of methoxy groups -OCH3 is 1. The van der Waals surface area contributed by atoms with Gasteiger partial charge in [0, 0.05) is 13.3 Å². The van der Waals surface area contributed by atoms with Crippen molar-refractivity contribution in [3.05, 3.63) is 24.0 Å². The highest BCUT2D eigenvalue weighted by Gasteiger charge is 2.14. The molecule has 0 fully saturated rings. The molecule has 17 heavy (non-hydrogen) atoms. The SMILES string of the molecule is CCCC(COC)NC(=O)c1ccncc1N. The monoisotopic (exact) mass is 237 g/mol. The van der Waals surface area contributed by atoms with E-state index in [0.29, 0.717) is 17.9 Å². The topological polar surface area (TPSA) is 77.2 Å². The highest BCUT2D eigenvalue weighted by molar-refractivity contribution is 5.98. The third-order valence-corrected chi connectivity index (χ3v) is 2.44. The molecule has 0 aromatic carbocycles. The van der Waals surface area contributed by atoms with Gasteiger partial charge in [0.25, 0.3) is 5.91 Å². The van der Waals surface area contributed by atoms with Crippen LogP contribution in [-0.2, 0) is 4.74 Å². The third-order valence-electron chi connectivity index (χ3n) is 2.44. The second-order valence-electron chi connectivity index (χ2n) is 3.88. The molecule has 1 heterocycles. The fourth-order valence-corrected chi connectivity index (χ4v) is 1.62. The predicted molar refractivity (Wildman–Crippen MR) is 66.7 cm³/mol. The molecule has 0 spiro atoms. The summed E-state index contributed by atoms with van der Waals surface area (Å²) < 4.78 is 5.07. The van der Waals surface area contributed by atoms with Crippen molar-refractivity contribution < 1.29 is 9.53 Å². The summed E-state index contributed by atoms with van der Waals surface area (Å²) in [6.07, 6.45) is 4.89. The number of ether oxygens (including phenoxy) is 1. The molecule has 0 aliphatic heterocycles. The lowest BCUT2D eigenvalue weighted by atomic mass is 10.1. The maximum atomic E-state index is 12.0. The first-order chi connectivity index (χ1) is 8.19. The van der Waals surface area contributed by atoms with Crippen LogP contribution in [0.1, 0.15) is 30.1 Å². The lowest BCUT2D eigenvalue weighted by molar-refractivity contribution is 0.0892. The van der Waals surface area contributed by atoms with E-state index in [1.165, 1.54) is 6.20 Å². The first kappa shape index (κ1) is 13.4. The zero-order chi connectivity index (χ0) is 12.7. The fourth-order valence-electron chi connectivity index (χ4n) is 1.62. The standard InChI is InChI=1S/C12H19N3O2/c1-3-4-9(8-17-2)15-12(16)10-5-6-14-7-11(10)13/h5-7,9H,3-4,8,13H2,1-2H3,(H,15,16). The normalized spacial score (nSPS) is 12.1. The number of aromatic nitrogens is 1. The molecule has 94 valence electrons. The molecule has 1 aromatic rings. The molecule has 1 rings (SSSR count). The van der Waals surface area contributed by atoms with Crippen LogP contribution in [0.3, 0.4) is 0 Å². The summed E-state index contributed by atoms with van der Waals surface area (Å²) in [7, 11) is 1.62. The lowest BCUT2D eigenvalue weighted by Gasteiger charge is -2.17. The molecule has 1 aromatic heterocycles. The Morgan fingerprint density at radius 2 is 2.41 bits per heavy atom. The molecule has 3 N–H and O–H groups in total. The molecule has 5 heteroatoms. The zero-order valence-corrected chi connectivity index (χ0v) is 10.3. The Morgan fingerprint density at radius 1 is 1.65 bits per heavy atom. The van der Waals surface area contributed by atoms with Gasteiger partial charge in [-0.1, -0.05) is 13.3 Å². The summed E-state index contributed by atoms with van der Waals surface area (Å²) >= 11 is 0. The molecule has 0 bridgehead atoms. The quantitative estimate of drug-likeness (QED) is 0.779. The molecule has 5 nitrogen and oxygen atoms in total. The number of pyridine rings is 1. The molecule has 0 aliphatic carbocycles. The number of nitrogens with zero attached hydrogens (tertiary/aromatic N) is 1. The summed E-state index contributed by atoms with van der Waals surface area (Å²) in [6, 6.07) is 1.63. The second-order valence-corrected chi connectivity index (χ2v) is 3.88. The minimum absolute atomic E-state index is 0.0186. The first-order valence-electron chi connectivity index (χ1n) is 5.68. The maximum Gasteiger partial charge on any atom is 0.253 e. The first-order valence-corrected chi connectivity index (χ1v) is 5.68. The molecule has 1 atom stereocenters. The van der Waals surface area contributed by atoms with E-state index in [1.54, 1.807) is 19.4 Å². The average molecular weight is 237 g/mol. The Bertz CT molecular complexity index is 363. The van der Waals surface area contributed by atoms with E-state index >= 15 is 0 Å². The van der Waals surface area contributed by atoms with Crippen molar-refractivity contribution in [3.8, 4) is 0 Å². The summed E-state index contributed by atoms with van der Waals surface area (Å²) in [5.74, 6) is -0.180. The molecule has 1 amide bonds. The Hall–Kier alpha value is -1.62. The second kappa shape index (κ2) is 6.85. The van der Waals surface area contributed by atoms with Crippen molar-refractivity contribution in [2.45, 2.75) is 25.8 Å². The van der Waals surface area contributed by atoms with Crippen LogP contribution in [0, 0.1) is 0 Å². The van der Waals surface area contributed by atoms with Crippen LogP contribution in [0.2, 0.25) is 0 Å². The lowest BCUT2D eigenvalue weighted by Crippen LogP contribution is -2.38. The van der Waals surface area contributed by atoms with Crippen molar-refractivity contribution in [2.24, 2.45) is 0 Å². The van der Waals surface area contributed by atoms with Crippen molar-refractivity contribution in [3.63, 3.8) is 0 Å². The summed E-state index contributed by atoms with van der Waals surface area (Å²) in [5, 5.41) is 2.90. The Morgan fingerprint density at radius 3 is 3.00 bits per heavy atom. The zero-order valence-electron chi connectivity index (χ0n) is 10.3. The van der Waals surface area contributed by atoms with Gasteiger partial charge in [0.2, 0.25) is 0 Å². The Labute approximate surface area is 101 Å². The van der Waals surface area contributed by atoms with Crippen molar-refractivity contribution in [2.75, 3.05) is 19.5 Å². The van der Waals surface area contributed by atoms with Gasteiger partial charge in [-0.05, 0) is 12.5 Å². The van der Waals surface area contributed by atoms with Crippen LogP contribution >= 0.6 is 0 Å². The smallest absolute Gasteiger partial charge is 0.253 e. The van der Waals surface area contributed by atoms with E-state index in [1.807, 2.05) is 0 Å². The molecular formula is C12H19N3O2. The van der Waals surface area contributed by atoms with Crippen molar-refractivity contribution in [1.82, 2.24) is 10.3 Å². The minimum atomic E-state index is -0.180. The number of hydrogen-bond donors (Lipinski definition) is 2. The van der Waals surface area contributed by atoms with Gasteiger partial charge in [-0.25, -0.2) is 0 Å². The summed E-state index contributed by atoms with van der Waals surface area (Å²) in [4.78, 5) is 15.8. The van der Waals surface area contributed by atoms with Gasteiger partial charge in [0.15, 0.2) is 0 Å². The van der Waals surface area contributed by atoms with E-state index in [4.69, 9.17) is 10.5 Å². The van der Waals surface area contributed by atoms with Crippen LogP contribution < -0.4 is 11.1 Å². The number of nitrogen functional groups attached to an aromatic ring is 1. The number of hydrogen-bond acceptors (Lipinski definition) is 4. The van der Waals surface area contributed by atoms with Gasteiger partial charge in [-0.2, -0.15) is 0 Å². The van der Waals surface area contributed by atoms with Crippen LogP contribution in [0.4, 0.5) is 5.69 Å². The molecule has 0 saturated heterocycles. The maximum absolute atomic E-state index is 12.0. The number of carbonyl (C=O) groups excluding carboxylic acids is 1. The number of amides is 1. The number of rotatable bonds is 6. The number of nitrogens with one attached hydrogen (secondary N) is 1. The van der Waals surface area contributed by atoms with E-state index < -0.39 is 0 Å². The number of nitrogens with two attached hydrogens (primary N) is 1. The molecule has 1 unspecified atom stereocenters. The van der Waals surface area contributed by atoms with Gasteiger partial charge >= 0.3 is 0 Å². The van der Waals surface area contributed by atoms with Gasteiger partial charge in [-0.15, -0.1) is 0 Å². The van der Waals surface area contributed by atoms with E-state index in [9.17, 15) is 4.79 Å². The van der Waals surface area contributed by atoms with E-state index in [2.05, 4.69) is 17.2 Å². The highest BCUT2D eigenvalue weighted by Crippen LogP contribution is 2.09. The van der Waals surface area contributed by atoms with Crippen LogP contribution in [-0.4, -0.2) is 30.6 Å². The Kier molecular flexibility index (Phi) is 5.42. The minimum Gasteiger partial charge on any atom is -0.397 e. The van der Waals surface area contributed by atoms with E-state index in [0.717, 1.165) is 12.8 Å². The average Bonchev–Trinajstić information content (AvgIpc) is 2.30. The van der Waals surface area contributed by atoms with Gasteiger partial charge < -0.3 is 15.8 Å². The van der Waals surface area contributed by atoms with Crippen LogP contribution in [0.15, 0.2) is 18.5 Å². The number of carbonyl (C=O) groups is 1. The van der Waals surface area contributed by atoms with Crippen LogP contribution in [0.5, 0.6) is 0 Å². The summed E-state index contributed by atoms with van der Waals surface area (Å²) in [6.45, 7) is 2.57. The molecule has 0 saturated carbocycles. The predicted octanol–water partition coefficient (Wildman–Crippen LogP) is 1.21. The highest BCUT2D eigenvalue weighted by atomic mass is 16.5. The van der Waals surface area contributed by atoms with Gasteiger partial charge in [-0.3, -0.25) is 9.78 Å². The van der Waals surface area contributed by atoms with Gasteiger partial charge in [0.1, 0.15) is 0 Å². The largest absolute Gasteiger partial charge is 0.397 e. The van der Waals surface area contributed by atoms with Crippen molar-refractivity contribution in [1.29, 1.82) is 0 Å². The van der Waals surface area contributed by atoms with Crippen LogP contribution in [0.25, 0.3) is 0 Å². The summed E-state index contributed by atoms with van der Waals surface area (Å²) in [5.41, 5.74) is 6.53. The van der Waals surface area contributed by atoms with E-state index in [-0.39, 0.29) is 11.9 Å². The molecular weight excluding hydrogens is 218 g/mol. The fraction of sp³-hybridized carbons (Fsp3) is 0.500. The number of anilines is 1. The van der Waals surface area contributed by atoms with Gasteiger partial charge in [0.05, 0.1) is 30.1 Å². The molecule has 0 aliphatic rings. The van der Waals surface area contributed by atoms with Crippen molar-refractivity contribution >= 4 is 11.6 Å². The Balaban J connectivity index is 2.67. The third kappa shape index (κ3) is 4.03.